The monoisotopic (exact) mass is 502 g/mol. The van der Waals surface area contributed by atoms with Gasteiger partial charge in [0.25, 0.3) is 0 Å². The van der Waals surface area contributed by atoms with Crippen LogP contribution in [0.5, 0.6) is 11.5 Å². The number of nitrogens with one attached hydrogen (secondary N) is 1. The summed E-state index contributed by atoms with van der Waals surface area (Å²) in [5.41, 5.74) is 1.40. The van der Waals surface area contributed by atoms with Crippen LogP contribution < -0.4 is 14.2 Å². The molecule has 0 radical (unpaired) electrons. The van der Waals surface area contributed by atoms with E-state index in [1.807, 2.05) is 6.92 Å². The van der Waals surface area contributed by atoms with E-state index in [0.717, 1.165) is 12.0 Å². The normalized spacial score (nSPS) is 17.7. The number of aromatic nitrogens is 5. The maximum Gasteiger partial charge on any atom is 0.243 e. The van der Waals surface area contributed by atoms with E-state index in [4.69, 9.17) is 14.2 Å². The van der Waals surface area contributed by atoms with E-state index in [2.05, 4.69) is 24.9 Å². The van der Waals surface area contributed by atoms with Gasteiger partial charge < -0.3 is 14.2 Å². The molecule has 0 saturated carbocycles. The first-order valence-electron chi connectivity index (χ1n) is 11.3. The number of methoxy groups -OCH3 is 2. The number of aryl methyl sites for hydroxylation is 1. The quantitative estimate of drug-likeness (QED) is 0.469. The number of rotatable bonds is 9. The topological polar surface area (TPSA) is 130 Å². The lowest BCUT2D eigenvalue weighted by atomic mass is 10.1. The van der Waals surface area contributed by atoms with E-state index in [1.54, 1.807) is 49.0 Å². The molecule has 1 aliphatic heterocycles. The van der Waals surface area contributed by atoms with Crippen molar-refractivity contribution in [1.82, 2.24) is 24.7 Å². The molecule has 3 atom stereocenters. The fourth-order valence-corrected chi connectivity index (χ4v) is 5.21. The van der Waals surface area contributed by atoms with Crippen molar-refractivity contribution in [3.05, 3.63) is 47.8 Å². The first-order chi connectivity index (χ1) is 16.8. The lowest BCUT2D eigenvalue weighted by Gasteiger charge is -2.22. The van der Waals surface area contributed by atoms with Gasteiger partial charge in [0.15, 0.2) is 0 Å². The van der Waals surface area contributed by atoms with Gasteiger partial charge in [-0.2, -0.15) is 0 Å². The van der Waals surface area contributed by atoms with Crippen molar-refractivity contribution in [2.75, 3.05) is 32.2 Å². The Morgan fingerprint density at radius 1 is 1.11 bits per heavy atom. The largest absolute Gasteiger partial charge is 0.494 e. The molecular formula is C23H30N6O5S. The van der Waals surface area contributed by atoms with Crippen molar-refractivity contribution in [3.63, 3.8) is 0 Å². The van der Waals surface area contributed by atoms with Gasteiger partial charge >= 0.3 is 0 Å². The predicted octanol–water partition coefficient (Wildman–Crippen LogP) is 2.82. The van der Waals surface area contributed by atoms with Crippen LogP contribution in [0.25, 0.3) is 5.69 Å². The van der Waals surface area contributed by atoms with E-state index in [0.29, 0.717) is 42.0 Å². The Labute approximate surface area is 204 Å². The molecule has 35 heavy (non-hydrogen) atoms. The van der Waals surface area contributed by atoms with Crippen molar-refractivity contribution in [2.45, 2.75) is 44.3 Å². The Kier molecular flexibility index (Phi) is 7.22. The lowest BCUT2D eigenvalue weighted by molar-refractivity contribution is 0.193. The van der Waals surface area contributed by atoms with Gasteiger partial charge in [0, 0.05) is 30.8 Å². The van der Waals surface area contributed by atoms with Gasteiger partial charge in [0.2, 0.25) is 16.0 Å². The first kappa shape index (κ1) is 24.9. The summed E-state index contributed by atoms with van der Waals surface area (Å²) >= 11 is 0. The van der Waals surface area contributed by atoms with Gasteiger partial charge in [-0.05, 0) is 38.0 Å². The minimum absolute atomic E-state index is 0.0403. The Bertz CT molecular complexity index is 1250. The van der Waals surface area contributed by atoms with Crippen LogP contribution in [-0.4, -0.2) is 65.8 Å². The minimum atomic E-state index is -3.92. The van der Waals surface area contributed by atoms with Crippen molar-refractivity contribution in [1.29, 1.82) is 0 Å². The highest BCUT2D eigenvalue weighted by atomic mass is 32.2. The fourth-order valence-electron chi connectivity index (χ4n) is 3.97. The molecule has 0 spiro atoms. The molecule has 2 aromatic heterocycles. The third kappa shape index (κ3) is 4.94. The van der Waals surface area contributed by atoms with E-state index in [-0.39, 0.29) is 11.9 Å². The van der Waals surface area contributed by atoms with Gasteiger partial charge in [-0.15, -0.1) is 10.2 Å². The number of nitrogens with zero attached hydrogens (tertiary/aromatic N) is 5. The summed E-state index contributed by atoms with van der Waals surface area (Å²) in [7, 11) is -0.841. The molecule has 3 heterocycles. The smallest absolute Gasteiger partial charge is 0.243 e. The Morgan fingerprint density at radius 2 is 1.77 bits per heavy atom. The summed E-state index contributed by atoms with van der Waals surface area (Å²) < 4.78 is 48.0. The maximum atomic E-state index is 13.5. The molecule has 0 bridgehead atoms. The second-order valence-electron chi connectivity index (χ2n) is 8.55. The van der Waals surface area contributed by atoms with Gasteiger partial charge in [-0.3, -0.25) is 9.29 Å². The molecule has 12 heteroatoms. The minimum Gasteiger partial charge on any atom is -0.494 e. The van der Waals surface area contributed by atoms with Crippen LogP contribution in [-0.2, 0) is 14.8 Å². The van der Waals surface area contributed by atoms with Gasteiger partial charge in [-0.1, -0.05) is 13.0 Å². The molecule has 1 saturated heterocycles. The van der Waals surface area contributed by atoms with Gasteiger partial charge in [-0.25, -0.2) is 18.4 Å². The average molecular weight is 503 g/mol. The number of anilines is 1. The SMILES string of the molecule is COc1cccc(OC)c1-n1c(NS(=O)(=O)[C@@H](C)[C@H](C)c2ncc(C)cn2)nnc1[C@H]1CCOC1. The highest BCUT2D eigenvalue weighted by molar-refractivity contribution is 7.93. The molecule has 1 N–H and O–H groups in total. The third-order valence-corrected chi connectivity index (χ3v) is 8.10. The molecule has 0 aliphatic carbocycles. The Hall–Kier alpha value is -3.25. The summed E-state index contributed by atoms with van der Waals surface area (Å²) in [6, 6.07) is 5.33. The first-order valence-corrected chi connectivity index (χ1v) is 12.9. The highest BCUT2D eigenvalue weighted by Gasteiger charge is 2.34. The van der Waals surface area contributed by atoms with E-state index in [9.17, 15) is 8.42 Å². The van der Waals surface area contributed by atoms with Crippen LogP contribution in [0.3, 0.4) is 0 Å². The fraction of sp³-hybridized carbons (Fsp3) is 0.478. The van der Waals surface area contributed by atoms with Crippen molar-refractivity contribution in [2.24, 2.45) is 0 Å². The second kappa shape index (κ2) is 10.2. The summed E-state index contributed by atoms with van der Waals surface area (Å²) in [5.74, 6) is 1.49. The van der Waals surface area contributed by atoms with Gasteiger partial charge in [0.05, 0.1) is 26.1 Å². The zero-order chi connectivity index (χ0) is 25.2. The molecule has 11 nitrogen and oxygen atoms in total. The molecule has 1 aliphatic rings. The van der Waals surface area contributed by atoms with Crippen LogP contribution in [0.2, 0.25) is 0 Å². The molecular weight excluding hydrogens is 472 g/mol. The van der Waals surface area contributed by atoms with E-state index in [1.165, 1.54) is 14.2 Å². The average Bonchev–Trinajstić information content (AvgIpc) is 3.52. The number of hydrogen-bond acceptors (Lipinski definition) is 9. The van der Waals surface area contributed by atoms with E-state index < -0.39 is 21.2 Å². The lowest BCUT2D eigenvalue weighted by Crippen LogP contribution is -2.31. The number of benzene rings is 1. The van der Waals surface area contributed by atoms with Crippen molar-refractivity contribution in [3.8, 4) is 17.2 Å². The molecule has 1 fully saturated rings. The molecule has 188 valence electrons. The van der Waals surface area contributed by atoms with Gasteiger partial charge in [0.1, 0.15) is 28.8 Å². The highest BCUT2D eigenvalue weighted by Crippen LogP contribution is 2.38. The van der Waals surface area contributed by atoms with Crippen LogP contribution in [0.1, 0.15) is 49.3 Å². The molecule has 3 aromatic rings. The van der Waals surface area contributed by atoms with Crippen LogP contribution in [0, 0.1) is 6.92 Å². The van der Waals surface area contributed by atoms with Crippen molar-refractivity contribution >= 4 is 16.0 Å². The molecule has 0 amide bonds. The third-order valence-electron chi connectivity index (χ3n) is 6.24. The predicted molar refractivity (Wildman–Crippen MR) is 130 cm³/mol. The number of ether oxygens (including phenoxy) is 3. The Morgan fingerprint density at radius 3 is 2.34 bits per heavy atom. The summed E-state index contributed by atoms with van der Waals surface area (Å²) in [5, 5.41) is 7.72. The second-order valence-corrected chi connectivity index (χ2v) is 10.6. The molecule has 1 aromatic carbocycles. The van der Waals surface area contributed by atoms with Crippen LogP contribution in [0.15, 0.2) is 30.6 Å². The summed E-state index contributed by atoms with van der Waals surface area (Å²) in [6.07, 6.45) is 4.08. The van der Waals surface area contributed by atoms with Crippen LogP contribution >= 0.6 is 0 Å². The maximum absolute atomic E-state index is 13.5. The Balaban J connectivity index is 1.76. The van der Waals surface area contributed by atoms with Crippen molar-refractivity contribution < 1.29 is 22.6 Å². The summed E-state index contributed by atoms with van der Waals surface area (Å²) in [4.78, 5) is 8.61. The number of hydrogen-bond donors (Lipinski definition) is 1. The number of para-hydroxylation sites is 1. The summed E-state index contributed by atoms with van der Waals surface area (Å²) in [6.45, 7) is 6.32. The standard InChI is InChI=1S/C23H30N6O5S/c1-14-11-24-21(25-12-14)15(2)16(3)35(30,31)28-23-27-26-22(17-9-10-34-13-17)29(23)20-18(32-4)7-6-8-19(20)33-5/h6-8,11-12,15-17H,9-10,13H2,1-5H3,(H,27,28)/t15-,16-,17-/m0/s1. The zero-order valence-corrected chi connectivity index (χ0v) is 21.2. The van der Waals surface area contributed by atoms with Crippen LogP contribution in [0.4, 0.5) is 5.95 Å². The molecule has 0 unspecified atom stereocenters. The molecule has 4 rings (SSSR count). The van der Waals surface area contributed by atoms with E-state index >= 15 is 0 Å². The zero-order valence-electron chi connectivity index (χ0n) is 20.4. The number of sulfonamides is 1.